The van der Waals surface area contributed by atoms with Gasteiger partial charge in [0.05, 0.1) is 5.75 Å². The molecule has 1 heterocycles. The molecule has 94 valence electrons. The largest absolute Gasteiger partial charge is 0.314 e. The zero-order valence-corrected chi connectivity index (χ0v) is 10.9. The normalized spacial score (nSPS) is 21.9. The minimum absolute atomic E-state index is 0.113. The third kappa shape index (κ3) is 5.84. The zero-order valence-electron chi connectivity index (χ0n) is 9.34. The average molecular weight is 267 g/mol. The van der Waals surface area contributed by atoms with Crippen LogP contribution in [0.2, 0.25) is 0 Å². The standard InChI is InChI=1S/C10H19ClN2O2S/c1-9(11)8-13-16(14,15)7-5-10-4-2-3-6-12-10/h10,12-13H,1-8H2. The van der Waals surface area contributed by atoms with Crippen molar-refractivity contribution in [2.24, 2.45) is 0 Å². The van der Waals surface area contributed by atoms with E-state index in [0.29, 0.717) is 17.5 Å². The first-order valence-electron chi connectivity index (χ1n) is 5.53. The summed E-state index contributed by atoms with van der Waals surface area (Å²) in [7, 11) is -3.21. The highest BCUT2D eigenvalue weighted by molar-refractivity contribution is 7.89. The summed E-state index contributed by atoms with van der Waals surface area (Å²) in [5.41, 5.74) is 0. The van der Waals surface area contributed by atoms with Gasteiger partial charge in [0.2, 0.25) is 10.0 Å². The van der Waals surface area contributed by atoms with Gasteiger partial charge in [-0.05, 0) is 25.8 Å². The molecule has 0 spiro atoms. The summed E-state index contributed by atoms with van der Waals surface area (Å²) >= 11 is 5.50. The van der Waals surface area contributed by atoms with Gasteiger partial charge in [-0.1, -0.05) is 24.6 Å². The summed E-state index contributed by atoms with van der Waals surface area (Å²) in [5, 5.41) is 3.63. The van der Waals surface area contributed by atoms with Crippen LogP contribution < -0.4 is 10.0 Å². The van der Waals surface area contributed by atoms with Crippen molar-refractivity contribution in [2.75, 3.05) is 18.8 Å². The first kappa shape index (κ1) is 14.0. The fourth-order valence-corrected chi connectivity index (χ4v) is 3.01. The molecule has 0 saturated carbocycles. The van der Waals surface area contributed by atoms with Crippen LogP contribution in [0.1, 0.15) is 25.7 Å². The quantitative estimate of drug-likeness (QED) is 0.759. The van der Waals surface area contributed by atoms with E-state index in [1.807, 2.05) is 0 Å². The Morgan fingerprint density at radius 1 is 1.50 bits per heavy atom. The SMILES string of the molecule is C=C(Cl)CNS(=O)(=O)CCC1CCCCN1. The first-order chi connectivity index (χ1) is 7.49. The van der Waals surface area contributed by atoms with Gasteiger partial charge < -0.3 is 5.32 Å². The van der Waals surface area contributed by atoms with Gasteiger partial charge in [0, 0.05) is 17.6 Å². The van der Waals surface area contributed by atoms with Gasteiger partial charge in [-0.2, -0.15) is 0 Å². The molecule has 1 rings (SSSR count). The van der Waals surface area contributed by atoms with Crippen molar-refractivity contribution in [1.29, 1.82) is 0 Å². The number of hydrogen-bond acceptors (Lipinski definition) is 3. The molecular weight excluding hydrogens is 248 g/mol. The lowest BCUT2D eigenvalue weighted by Crippen LogP contribution is -2.37. The molecule has 0 aromatic carbocycles. The molecule has 0 radical (unpaired) electrons. The number of hydrogen-bond donors (Lipinski definition) is 2. The molecule has 0 aromatic rings. The van der Waals surface area contributed by atoms with E-state index < -0.39 is 10.0 Å². The molecule has 0 bridgehead atoms. The highest BCUT2D eigenvalue weighted by Crippen LogP contribution is 2.10. The molecule has 1 aliphatic rings. The Bertz CT molecular complexity index is 324. The highest BCUT2D eigenvalue weighted by atomic mass is 35.5. The number of nitrogens with one attached hydrogen (secondary N) is 2. The summed E-state index contributed by atoms with van der Waals surface area (Å²) in [6, 6.07) is 0.338. The van der Waals surface area contributed by atoms with E-state index in [0.717, 1.165) is 13.0 Å². The van der Waals surface area contributed by atoms with Crippen molar-refractivity contribution in [3.8, 4) is 0 Å². The van der Waals surface area contributed by atoms with Crippen LogP contribution >= 0.6 is 11.6 Å². The monoisotopic (exact) mass is 266 g/mol. The number of sulfonamides is 1. The second kappa shape index (κ2) is 6.59. The maximum atomic E-state index is 11.5. The van der Waals surface area contributed by atoms with Crippen molar-refractivity contribution in [3.05, 3.63) is 11.6 Å². The number of halogens is 1. The molecule has 1 unspecified atom stereocenters. The minimum atomic E-state index is -3.21. The van der Waals surface area contributed by atoms with Gasteiger partial charge in [-0.25, -0.2) is 13.1 Å². The Kier molecular flexibility index (Phi) is 5.75. The van der Waals surface area contributed by atoms with Crippen LogP contribution in [0.5, 0.6) is 0 Å². The smallest absolute Gasteiger partial charge is 0.211 e. The zero-order chi connectivity index (χ0) is 12.0. The Labute approximate surface area is 102 Å². The van der Waals surface area contributed by atoms with Gasteiger partial charge in [0.25, 0.3) is 0 Å². The lowest BCUT2D eigenvalue weighted by molar-refractivity contribution is 0.392. The Morgan fingerprint density at radius 2 is 2.25 bits per heavy atom. The van der Waals surface area contributed by atoms with Gasteiger partial charge in [-0.15, -0.1) is 0 Å². The molecule has 1 fully saturated rings. The maximum Gasteiger partial charge on any atom is 0.211 e. The van der Waals surface area contributed by atoms with Crippen molar-refractivity contribution in [1.82, 2.24) is 10.0 Å². The van der Waals surface area contributed by atoms with Crippen LogP contribution in [-0.2, 0) is 10.0 Å². The fraction of sp³-hybridized carbons (Fsp3) is 0.800. The Hall–Kier alpha value is -0.100. The van der Waals surface area contributed by atoms with Crippen molar-refractivity contribution < 1.29 is 8.42 Å². The second-order valence-corrected chi connectivity index (χ2v) is 6.55. The van der Waals surface area contributed by atoms with Gasteiger partial charge >= 0.3 is 0 Å². The summed E-state index contributed by atoms with van der Waals surface area (Å²) in [5.74, 6) is 0.148. The van der Waals surface area contributed by atoms with E-state index in [1.165, 1.54) is 12.8 Å². The number of rotatable bonds is 6. The van der Waals surface area contributed by atoms with Crippen LogP contribution in [0.25, 0.3) is 0 Å². The van der Waals surface area contributed by atoms with Crippen LogP contribution in [0.15, 0.2) is 11.6 Å². The molecule has 2 N–H and O–H groups in total. The summed E-state index contributed by atoms with van der Waals surface area (Å²) in [6.45, 7) is 4.54. The average Bonchev–Trinajstić information content (AvgIpc) is 2.26. The van der Waals surface area contributed by atoms with Gasteiger partial charge in [0.15, 0.2) is 0 Å². The van der Waals surface area contributed by atoms with E-state index >= 15 is 0 Å². The maximum absolute atomic E-state index is 11.5. The Morgan fingerprint density at radius 3 is 2.81 bits per heavy atom. The van der Waals surface area contributed by atoms with E-state index in [1.54, 1.807) is 0 Å². The van der Waals surface area contributed by atoms with E-state index in [4.69, 9.17) is 11.6 Å². The van der Waals surface area contributed by atoms with Gasteiger partial charge in [-0.3, -0.25) is 0 Å². The van der Waals surface area contributed by atoms with Crippen LogP contribution in [-0.4, -0.2) is 33.3 Å². The molecule has 6 heteroatoms. The molecule has 0 aromatic heterocycles. The topological polar surface area (TPSA) is 58.2 Å². The molecule has 0 aliphatic carbocycles. The summed E-state index contributed by atoms with van der Waals surface area (Å²) in [4.78, 5) is 0. The number of piperidine rings is 1. The minimum Gasteiger partial charge on any atom is -0.314 e. The molecule has 1 aliphatic heterocycles. The lowest BCUT2D eigenvalue weighted by Gasteiger charge is -2.23. The summed E-state index contributed by atoms with van der Waals surface area (Å²) in [6.07, 6.45) is 4.10. The molecule has 1 saturated heterocycles. The molecule has 16 heavy (non-hydrogen) atoms. The van der Waals surface area contributed by atoms with E-state index in [2.05, 4.69) is 16.6 Å². The summed E-state index contributed by atoms with van der Waals surface area (Å²) < 4.78 is 25.5. The fourth-order valence-electron chi connectivity index (χ4n) is 1.73. The predicted molar refractivity (Wildman–Crippen MR) is 67.0 cm³/mol. The second-order valence-electron chi connectivity index (χ2n) is 4.09. The van der Waals surface area contributed by atoms with Crippen LogP contribution in [0, 0.1) is 0 Å². The van der Waals surface area contributed by atoms with Crippen LogP contribution in [0.4, 0.5) is 0 Å². The molecule has 0 amide bonds. The molecule has 1 atom stereocenters. The van der Waals surface area contributed by atoms with Crippen LogP contribution in [0.3, 0.4) is 0 Å². The predicted octanol–water partition coefficient (Wildman–Crippen LogP) is 1.19. The lowest BCUT2D eigenvalue weighted by atomic mass is 10.0. The Balaban J connectivity index is 2.26. The molecular formula is C10H19ClN2O2S. The van der Waals surface area contributed by atoms with Crippen molar-refractivity contribution in [2.45, 2.75) is 31.7 Å². The van der Waals surface area contributed by atoms with Crippen molar-refractivity contribution >= 4 is 21.6 Å². The molecule has 4 nitrogen and oxygen atoms in total. The van der Waals surface area contributed by atoms with E-state index in [-0.39, 0.29) is 12.3 Å². The highest BCUT2D eigenvalue weighted by Gasteiger charge is 2.16. The van der Waals surface area contributed by atoms with Crippen molar-refractivity contribution in [3.63, 3.8) is 0 Å². The first-order valence-corrected chi connectivity index (χ1v) is 7.56. The van der Waals surface area contributed by atoms with Gasteiger partial charge in [0.1, 0.15) is 0 Å². The third-order valence-corrected chi connectivity index (χ3v) is 4.12. The van der Waals surface area contributed by atoms with E-state index in [9.17, 15) is 8.42 Å². The third-order valence-electron chi connectivity index (χ3n) is 2.63.